The number of carbonyl (C=O) groups is 2. The van der Waals surface area contributed by atoms with Crippen LogP contribution < -0.4 is 5.32 Å². The number of anilines is 1. The highest BCUT2D eigenvalue weighted by Gasteiger charge is 2.31. The molecular formula is C20H32N4O4. The summed E-state index contributed by atoms with van der Waals surface area (Å²) >= 11 is 0. The molecule has 0 radical (unpaired) electrons. The van der Waals surface area contributed by atoms with E-state index in [1.54, 1.807) is 84.8 Å². The number of nitrogens with one attached hydrogen (secondary N) is 2. The lowest BCUT2D eigenvalue weighted by Crippen LogP contribution is -2.43. The Morgan fingerprint density at radius 3 is 1.93 bits per heavy atom. The zero-order chi connectivity index (χ0) is 21.7. The first-order chi connectivity index (χ1) is 12.7. The van der Waals surface area contributed by atoms with Crippen molar-refractivity contribution in [3.05, 3.63) is 29.8 Å². The van der Waals surface area contributed by atoms with Gasteiger partial charge in [0.2, 0.25) is 0 Å². The Kier molecular flexibility index (Phi) is 7.43. The van der Waals surface area contributed by atoms with Gasteiger partial charge in [-0.2, -0.15) is 0 Å². The van der Waals surface area contributed by atoms with E-state index < -0.39 is 23.4 Å². The van der Waals surface area contributed by atoms with Crippen molar-refractivity contribution in [3.8, 4) is 0 Å². The van der Waals surface area contributed by atoms with Gasteiger partial charge in [0.05, 0.1) is 6.54 Å². The number of amides is 2. The van der Waals surface area contributed by atoms with Crippen LogP contribution in [0.5, 0.6) is 0 Å². The summed E-state index contributed by atoms with van der Waals surface area (Å²) in [6.45, 7) is 10.4. The summed E-state index contributed by atoms with van der Waals surface area (Å²) in [6, 6.07) is 7.13. The highest BCUT2D eigenvalue weighted by atomic mass is 16.6. The fourth-order valence-electron chi connectivity index (χ4n) is 2.02. The van der Waals surface area contributed by atoms with E-state index in [1.165, 1.54) is 0 Å². The summed E-state index contributed by atoms with van der Waals surface area (Å²) in [6.07, 6.45) is -1.55. The summed E-state index contributed by atoms with van der Waals surface area (Å²) in [7, 11) is 3.51. The average molecular weight is 393 g/mol. The molecule has 8 heteroatoms. The minimum atomic E-state index is -0.777. The maximum absolute atomic E-state index is 12.6. The molecule has 0 saturated carbocycles. The van der Waals surface area contributed by atoms with Gasteiger partial charge in [-0.3, -0.25) is 5.41 Å². The Morgan fingerprint density at radius 2 is 1.50 bits per heavy atom. The summed E-state index contributed by atoms with van der Waals surface area (Å²) in [5.74, 6) is 0.216. The number of nitrogens with zero attached hydrogens (tertiary/aromatic N) is 2. The lowest BCUT2D eigenvalue weighted by atomic mass is 10.2. The van der Waals surface area contributed by atoms with Crippen molar-refractivity contribution >= 4 is 23.8 Å². The van der Waals surface area contributed by atoms with Gasteiger partial charge in [-0.25, -0.2) is 14.5 Å². The molecule has 0 aliphatic heterocycles. The minimum Gasteiger partial charge on any atom is -0.443 e. The fourth-order valence-corrected chi connectivity index (χ4v) is 2.02. The molecule has 0 saturated heterocycles. The molecule has 1 rings (SSSR count). The Labute approximate surface area is 167 Å². The van der Waals surface area contributed by atoms with E-state index in [0.717, 1.165) is 4.90 Å². The van der Waals surface area contributed by atoms with Gasteiger partial charge in [-0.1, -0.05) is 12.1 Å². The van der Waals surface area contributed by atoms with E-state index in [0.29, 0.717) is 11.3 Å². The van der Waals surface area contributed by atoms with Crippen LogP contribution in [-0.2, 0) is 16.0 Å². The molecule has 8 nitrogen and oxygen atoms in total. The third-order valence-corrected chi connectivity index (χ3v) is 3.21. The summed E-state index contributed by atoms with van der Waals surface area (Å²) in [5.41, 5.74) is -0.138. The van der Waals surface area contributed by atoms with Gasteiger partial charge in [0.25, 0.3) is 0 Å². The standard InChI is InChI=1S/C20H32N4O4/c1-19(2,3)27-17(25)24(18(26)28-20(4,5)6)13-14-10-9-11-15(12-14)22-16(21)23(7)8/h9-12H,13H2,1-8H3,(H2,21,22). The predicted octanol–water partition coefficient (Wildman–Crippen LogP) is 4.27. The van der Waals surface area contributed by atoms with Crippen LogP contribution in [-0.4, -0.2) is 53.2 Å². The quantitative estimate of drug-likeness (QED) is 0.589. The van der Waals surface area contributed by atoms with Crippen molar-refractivity contribution in [2.24, 2.45) is 0 Å². The smallest absolute Gasteiger partial charge is 0.420 e. The van der Waals surface area contributed by atoms with Crippen LogP contribution in [0.15, 0.2) is 24.3 Å². The number of hydrogen-bond acceptors (Lipinski definition) is 5. The van der Waals surface area contributed by atoms with Crippen molar-refractivity contribution in [1.82, 2.24) is 9.80 Å². The zero-order valence-electron chi connectivity index (χ0n) is 18.0. The first-order valence-corrected chi connectivity index (χ1v) is 9.03. The topological polar surface area (TPSA) is 95.0 Å². The Bertz CT molecular complexity index is 690. The third kappa shape index (κ3) is 8.28. The number of guanidine groups is 1. The highest BCUT2D eigenvalue weighted by molar-refractivity contribution is 5.91. The van der Waals surface area contributed by atoms with Crippen LogP contribution in [0, 0.1) is 5.41 Å². The first kappa shape index (κ1) is 23.3. The molecule has 0 atom stereocenters. The second-order valence-electron chi connectivity index (χ2n) is 8.62. The largest absolute Gasteiger partial charge is 0.443 e. The minimum absolute atomic E-state index is 0.0192. The van der Waals surface area contributed by atoms with Crippen molar-refractivity contribution in [3.63, 3.8) is 0 Å². The number of carbonyl (C=O) groups excluding carboxylic acids is 2. The maximum atomic E-state index is 12.6. The third-order valence-electron chi connectivity index (χ3n) is 3.21. The van der Waals surface area contributed by atoms with Crippen LogP contribution >= 0.6 is 0 Å². The number of imide groups is 1. The van der Waals surface area contributed by atoms with E-state index in [9.17, 15) is 9.59 Å². The Hall–Kier alpha value is -2.77. The molecule has 0 fully saturated rings. The molecule has 28 heavy (non-hydrogen) atoms. The van der Waals surface area contributed by atoms with Crippen molar-refractivity contribution < 1.29 is 19.1 Å². The molecule has 0 unspecified atom stereocenters. The fraction of sp³-hybridized carbons (Fsp3) is 0.550. The predicted molar refractivity (Wildman–Crippen MR) is 109 cm³/mol. The molecule has 2 N–H and O–H groups in total. The summed E-state index contributed by atoms with van der Waals surface area (Å²) in [5, 5.41) is 10.8. The van der Waals surface area contributed by atoms with E-state index in [4.69, 9.17) is 14.9 Å². The average Bonchev–Trinajstić information content (AvgIpc) is 2.49. The normalized spacial score (nSPS) is 11.4. The van der Waals surface area contributed by atoms with Gasteiger partial charge in [0, 0.05) is 19.8 Å². The molecule has 1 aromatic rings. The van der Waals surface area contributed by atoms with Crippen molar-refractivity contribution in [2.45, 2.75) is 59.3 Å². The van der Waals surface area contributed by atoms with Gasteiger partial charge in [0.15, 0.2) is 5.96 Å². The molecule has 0 aromatic heterocycles. The van der Waals surface area contributed by atoms with E-state index >= 15 is 0 Å². The molecule has 0 spiro atoms. The van der Waals surface area contributed by atoms with Crippen molar-refractivity contribution in [1.29, 1.82) is 5.41 Å². The molecule has 156 valence electrons. The van der Waals surface area contributed by atoms with Crippen LogP contribution in [0.1, 0.15) is 47.1 Å². The second-order valence-corrected chi connectivity index (χ2v) is 8.62. The number of hydrogen-bond donors (Lipinski definition) is 2. The molecule has 0 aliphatic carbocycles. The summed E-state index contributed by atoms with van der Waals surface area (Å²) in [4.78, 5) is 27.7. The van der Waals surface area contributed by atoms with Gasteiger partial charge in [0.1, 0.15) is 11.2 Å². The number of benzene rings is 1. The van der Waals surface area contributed by atoms with Crippen LogP contribution in [0.25, 0.3) is 0 Å². The van der Waals surface area contributed by atoms with Crippen LogP contribution in [0.2, 0.25) is 0 Å². The Balaban J connectivity index is 3.07. The zero-order valence-corrected chi connectivity index (χ0v) is 18.0. The summed E-state index contributed by atoms with van der Waals surface area (Å²) < 4.78 is 10.7. The van der Waals surface area contributed by atoms with Gasteiger partial charge in [-0.05, 0) is 59.2 Å². The van der Waals surface area contributed by atoms with Crippen molar-refractivity contribution in [2.75, 3.05) is 19.4 Å². The van der Waals surface area contributed by atoms with Gasteiger partial charge >= 0.3 is 12.2 Å². The van der Waals surface area contributed by atoms with E-state index in [2.05, 4.69) is 5.32 Å². The molecule has 0 heterocycles. The number of ether oxygens (including phenoxy) is 2. The molecule has 1 aromatic carbocycles. The van der Waals surface area contributed by atoms with E-state index in [-0.39, 0.29) is 12.5 Å². The monoisotopic (exact) mass is 392 g/mol. The van der Waals surface area contributed by atoms with Crippen LogP contribution in [0.3, 0.4) is 0 Å². The molecule has 0 aliphatic rings. The maximum Gasteiger partial charge on any atom is 0.420 e. The first-order valence-electron chi connectivity index (χ1n) is 9.03. The Morgan fingerprint density at radius 1 is 1.00 bits per heavy atom. The number of rotatable bonds is 3. The van der Waals surface area contributed by atoms with Crippen LogP contribution in [0.4, 0.5) is 15.3 Å². The van der Waals surface area contributed by atoms with Gasteiger partial charge < -0.3 is 19.7 Å². The lowest BCUT2D eigenvalue weighted by Gasteiger charge is -2.28. The SMILES string of the molecule is CN(C)C(=N)Nc1cccc(CN(C(=O)OC(C)(C)C)C(=O)OC(C)(C)C)c1. The molecule has 2 amide bonds. The highest BCUT2D eigenvalue weighted by Crippen LogP contribution is 2.19. The second kappa shape index (κ2) is 8.95. The molecule has 0 bridgehead atoms. The lowest BCUT2D eigenvalue weighted by molar-refractivity contribution is -0.000246. The van der Waals surface area contributed by atoms with E-state index in [1.807, 2.05) is 0 Å². The van der Waals surface area contributed by atoms with Gasteiger partial charge in [-0.15, -0.1) is 0 Å². The molecular weight excluding hydrogens is 360 g/mol.